The van der Waals surface area contributed by atoms with Crippen LogP contribution in [0.15, 0.2) is 29.4 Å². The largest absolute Gasteiger partial charge is 0.481 e. The Hall–Kier alpha value is -3.43. The molecule has 2 atom stereocenters. The first-order valence-corrected chi connectivity index (χ1v) is 8.16. The summed E-state index contributed by atoms with van der Waals surface area (Å²) in [7, 11) is 0. The number of carbonyl (C=O) groups is 4. The van der Waals surface area contributed by atoms with Gasteiger partial charge in [-0.3, -0.25) is 19.3 Å². The van der Waals surface area contributed by atoms with Gasteiger partial charge >= 0.3 is 12.0 Å². The molecule has 2 rings (SSSR count). The molecule has 1 aliphatic rings. The van der Waals surface area contributed by atoms with Crippen LogP contribution in [-0.4, -0.2) is 52.6 Å². The monoisotopic (exact) mass is 375 g/mol. The Balaban J connectivity index is 2.11. The molecule has 144 valence electrons. The molecule has 0 saturated carbocycles. The van der Waals surface area contributed by atoms with Gasteiger partial charge in [-0.05, 0) is 25.0 Å². The summed E-state index contributed by atoms with van der Waals surface area (Å²) in [5, 5.41) is 17.2. The number of nitrogens with zero attached hydrogens (tertiary/aromatic N) is 2. The first-order valence-electron chi connectivity index (χ1n) is 8.16. The molecule has 0 spiro atoms. The fourth-order valence-electron chi connectivity index (χ4n) is 2.80. The summed E-state index contributed by atoms with van der Waals surface area (Å²) in [6.07, 6.45) is 1.18. The Labute approximate surface area is 155 Å². The molecule has 1 aromatic carbocycles. The van der Waals surface area contributed by atoms with Crippen molar-refractivity contribution in [3.05, 3.63) is 35.4 Å². The van der Waals surface area contributed by atoms with Crippen LogP contribution in [0, 0.1) is 0 Å². The molecule has 10 heteroatoms. The molecule has 4 amide bonds. The van der Waals surface area contributed by atoms with Gasteiger partial charge in [0.05, 0.1) is 12.6 Å². The minimum absolute atomic E-state index is 0.262. The smallest absolute Gasteiger partial charge is 0.325 e. The van der Waals surface area contributed by atoms with Gasteiger partial charge in [0.2, 0.25) is 5.91 Å². The maximum atomic E-state index is 12.8. The lowest BCUT2D eigenvalue weighted by atomic mass is 9.91. The third kappa shape index (κ3) is 4.40. The van der Waals surface area contributed by atoms with Crippen LogP contribution >= 0.6 is 0 Å². The number of urea groups is 1. The zero-order valence-electron chi connectivity index (χ0n) is 14.9. The van der Waals surface area contributed by atoms with E-state index in [2.05, 4.69) is 15.7 Å². The van der Waals surface area contributed by atoms with E-state index in [9.17, 15) is 19.2 Å². The van der Waals surface area contributed by atoms with Crippen LogP contribution in [-0.2, 0) is 19.9 Å². The summed E-state index contributed by atoms with van der Waals surface area (Å²) in [5.41, 5.74) is -0.0509. The molecule has 27 heavy (non-hydrogen) atoms. The number of carboxylic acid groups (broad SMARTS) is 1. The number of nitrogens with one attached hydrogen (secondary N) is 2. The van der Waals surface area contributed by atoms with E-state index in [4.69, 9.17) is 10.9 Å². The minimum atomic E-state index is -1.32. The molecule has 0 radical (unpaired) electrons. The van der Waals surface area contributed by atoms with E-state index in [1.807, 2.05) is 0 Å². The van der Waals surface area contributed by atoms with Crippen LogP contribution in [0.1, 0.15) is 31.4 Å². The minimum Gasteiger partial charge on any atom is -0.481 e. The number of hydrogen-bond acceptors (Lipinski definition) is 6. The van der Waals surface area contributed by atoms with Crippen molar-refractivity contribution in [1.82, 2.24) is 15.5 Å². The standard InChI is InChI=1S/C17H21N5O5/c1-10(7-14(24)25)20-13(23)9-22-15(26)17(2,21-16(22)27)12-5-3-11(4-6-12)8-19-18/h3-6,8,10H,7,9,18H2,1-2H3,(H,20,23)(H,21,27)(H,24,25)/b19-8+. The fourth-order valence-corrected chi connectivity index (χ4v) is 2.80. The Kier molecular flexibility index (Phi) is 5.78. The Morgan fingerprint density at radius 2 is 2.00 bits per heavy atom. The highest BCUT2D eigenvalue weighted by Crippen LogP contribution is 2.28. The second-order valence-electron chi connectivity index (χ2n) is 6.41. The molecule has 0 bridgehead atoms. The van der Waals surface area contributed by atoms with Crippen molar-refractivity contribution in [3.8, 4) is 0 Å². The van der Waals surface area contributed by atoms with Crippen molar-refractivity contribution in [3.63, 3.8) is 0 Å². The van der Waals surface area contributed by atoms with E-state index in [0.717, 1.165) is 10.5 Å². The topological polar surface area (TPSA) is 154 Å². The first-order chi connectivity index (χ1) is 12.7. The third-order valence-electron chi connectivity index (χ3n) is 4.18. The van der Waals surface area contributed by atoms with Crippen LogP contribution in [0.4, 0.5) is 4.79 Å². The number of hydrazone groups is 1. The van der Waals surface area contributed by atoms with Gasteiger partial charge in [0, 0.05) is 6.04 Å². The first kappa shape index (κ1) is 19.9. The zero-order chi connectivity index (χ0) is 20.2. The number of carbonyl (C=O) groups excluding carboxylic acids is 3. The number of benzene rings is 1. The molecule has 1 heterocycles. The number of amides is 4. The summed E-state index contributed by atoms with van der Waals surface area (Å²) >= 11 is 0. The van der Waals surface area contributed by atoms with Gasteiger partial charge in [-0.15, -0.1) is 0 Å². The lowest BCUT2D eigenvalue weighted by molar-refractivity contribution is -0.138. The van der Waals surface area contributed by atoms with Gasteiger partial charge < -0.3 is 21.6 Å². The van der Waals surface area contributed by atoms with E-state index in [1.54, 1.807) is 31.2 Å². The van der Waals surface area contributed by atoms with Crippen molar-refractivity contribution >= 4 is 30.0 Å². The summed E-state index contributed by atoms with van der Waals surface area (Å²) in [6.45, 7) is 2.57. The van der Waals surface area contributed by atoms with Crippen LogP contribution in [0.3, 0.4) is 0 Å². The summed E-state index contributed by atoms with van der Waals surface area (Å²) in [5.74, 6) is 2.84. The molecule has 1 saturated heterocycles. The summed E-state index contributed by atoms with van der Waals surface area (Å²) in [4.78, 5) is 48.5. The van der Waals surface area contributed by atoms with Gasteiger partial charge in [0.15, 0.2) is 0 Å². The molecule has 0 aromatic heterocycles. The third-order valence-corrected chi connectivity index (χ3v) is 4.18. The lowest BCUT2D eigenvalue weighted by Crippen LogP contribution is -2.45. The molecule has 1 fully saturated rings. The van der Waals surface area contributed by atoms with Gasteiger partial charge in [0.25, 0.3) is 5.91 Å². The normalized spacial score (nSPS) is 20.6. The molecular weight excluding hydrogens is 354 g/mol. The fraction of sp³-hybridized carbons (Fsp3) is 0.353. The van der Waals surface area contributed by atoms with Crippen molar-refractivity contribution in [2.75, 3.05) is 6.54 Å². The number of aliphatic carboxylic acids is 1. The van der Waals surface area contributed by atoms with Crippen molar-refractivity contribution in [1.29, 1.82) is 0 Å². The molecular formula is C17H21N5O5. The molecule has 1 aliphatic heterocycles. The molecule has 5 N–H and O–H groups in total. The molecule has 0 aliphatic carbocycles. The highest BCUT2D eigenvalue weighted by Gasteiger charge is 2.49. The average molecular weight is 375 g/mol. The Bertz CT molecular complexity index is 791. The van der Waals surface area contributed by atoms with E-state index in [1.165, 1.54) is 13.1 Å². The number of hydrogen-bond donors (Lipinski definition) is 4. The van der Waals surface area contributed by atoms with Gasteiger partial charge in [-0.25, -0.2) is 4.79 Å². The van der Waals surface area contributed by atoms with Crippen LogP contribution in [0.2, 0.25) is 0 Å². The van der Waals surface area contributed by atoms with Crippen molar-refractivity contribution in [2.24, 2.45) is 10.9 Å². The van der Waals surface area contributed by atoms with E-state index in [-0.39, 0.29) is 6.42 Å². The highest BCUT2D eigenvalue weighted by molar-refractivity contribution is 6.09. The SMILES string of the molecule is CC(CC(=O)O)NC(=O)CN1C(=O)NC(C)(c2ccc(/C=N/N)cc2)C1=O. The van der Waals surface area contributed by atoms with Gasteiger partial charge in [0.1, 0.15) is 12.1 Å². The summed E-state index contributed by atoms with van der Waals surface area (Å²) in [6, 6.07) is 5.38. The van der Waals surface area contributed by atoms with Crippen molar-refractivity contribution < 1.29 is 24.3 Å². The highest BCUT2D eigenvalue weighted by atomic mass is 16.4. The number of rotatable bonds is 7. The lowest BCUT2D eigenvalue weighted by Gasteiger charge is -2.22. The zero-order valence-corrected chi connectivity index (χ0v) is 14.9. The second kappa shape index (κ2) is 7.85. The van der Waals surface area contributed by atoms with Crippen molar-refractivity contribution in [2.45, 2.75) is 31.8 Å². The number of nitrogens with two attached hydrogens (primary N) is 1. The van der Waals surface area contributed by atoms with Gasteiger partial charge in [-0.2, -0.15) is 5.10 Å². The number of imide groups is 1. The van der Waals surface area contributed by atoms with Crippen LogP contribution in [0.25, 0.3) is 0 Å². The predicted molar refractivity (Wildman–Crippen MR) is 95.7 cm³/mol. The maximum Gasteiger partial charge on any atom is 0.325 e. The average Bonchev–Trinajstić information content (AvgIpc) is 2.79. The predicted octanol–water partition coefficient (Wildman–Crippen LogP) is -0.274. The second-order valence-corrected chi connectivity index (χ2v) is 6.41. The van der Waals surface area contributed by atoms with E-state index >= 15 is 0 Å². The molecule has 2 unspecified atom stereocenters. The maximum absolute atomic E-state index is 12.8. The van der Waals surface area contributed by atoms with Crippen LogP contribution in [0.5, 0.6) is 0 Å². The molecule has 1 aromatic rings. The van der Waals surface area contributed by atoms with E-state index in [0.29, 0.717) is 5.56 Å². The quantitative estimate of drug-likeness (QED) is 0.222. The Morgan fingerprint density at radius 1 is 1.37 bits per heavy atom. The van der Waals surface area contributed by atoms with Crippen LogP contribution < -0.4 is 16.5 Å². The Morgan fingerprint density at radius 3 is 2.56 bits per heavy atom. The molecule has 10 nitrogen and oxygen atoms in total. The van der Waals surface area contributed by atoms with Gasteiger partial charge in [-0.1, -0.05) is 24.3 Å². The number of carboxylic acids is 1. The summed E-state index contributed by atoms with van der Waals surface area (Å²) < 4.78 is 0. The van der Waals surface area contributed by atoms with E-state index < -0.39 is 41.9 Å².